The number of nitrogens with one attached hydrogen (secondary N) is 2. The summed E-state index contributed by atoms with van der Waals surface area (Å²) in [5.41, 5.74) is 4.08. The van der Waals surface area contributed by atoms with Gasteiger partial charge in [-0.15, -0.1) is 0 Å². The average molecular weight is 376 g/mol. The highest BCUT2D eigenvalue weighted by Gasteiger charge is 2.26. The predicted molar refractivity (Wildman–Crippen MR) is 108 cm³/mol. The molecule has 1 aliphatic heterocycles. The van der Waals surface area contributed by atoms with Crippen LogP contribution in [0.1, 0.15) is 15.9 Å². The molecule has 1 saturated heterocycles. The fraction of sp³-hybridized carbons (Fsp3) is 0.273. The van der Waals surface area contributed by atoms with E-state index in [-0.39, 0.29) is 11.8 Å². The van der Waals surface area contributed by atoms with Crippen molar-refractivity contribution in [3.05, 3.63) is 71.9 Å². The molecule has 0 radical (unpaired) electrons. The van der Waals surface area contributed by atoms with Crippen LogP contribution in [0.4, 0.5) is 0 Å². The number of β-amino-alcohol motifs (C(OH)–C–C–N with tert-alkyl or cyclic N) is 1. The zero-order valence-electron chi connectivity index (χ0n) is 15.8. The number of nitrogens with zero attached hydrogens (tertiary/aromatic N) is 2. The number of para-hydroxylation sites is 1. The lowest BCUT2D eigenvalue weighted by molar-refractivity contribution is 0.0927. The normalized spacial score (nSPS) is 18.9. The third-order valence-corrected chi connectivity index (χ3v) is 5.10. The Morgan fingerprint density at radius 2 is 2.04 bits per heavy atom. The molecule has 0 bridgehead atoms. The minimum absolute atomic E-state index is 0.0236. The monoisotopic (exact) mass is 376 g/mol. The SMILES string of the molecule is Cc1cccc(-c2nn(-c3ccccc3)cc2C(=O)NCC2CNCC2O)c1. The molecule has 0 spiro atoms. The summed E-state index contributed by atoms with van der Waals surface area (Å²) >= 11 is 0. The number of aromatic nitrogens is 2. The van der Waals surface area contributed by atoms with Crippen LogP contribution in [-0.2, 0) is 0 Å². The van der Waals surface area contributed by atoms with Gasteiger partial charge in [0.25, 0.3) is 5.91 Å². The molecule has 144 valence electrons. The number of amides is 1. The van der Waals surface area contributed by atoms with Crippen LogP contribution >= 0.6 is 0 Å². The van der Waals surface area contributed by atoms with Gasteiger partial charge in [-0.2, -0.15) is 5.10 Å². The molecular formula is C22H24N4O2. The van der Waals surface area contributed by atoms with E-state index in [1.54, 1.807) is 10.9 Å². The zero-order chi connectivity index (χ0) is 19.5. The van der Waals surface area contributed by atoms with E-state index in [2.05, 4.69) is 10.6 Å². The fourth-order valence-electron chi connectivity index (χ4n) is 3.51. The summed E-state index contributed by atoms with van der Waals surface area (Å²) in [7, 11) is 0. The van der Waals surface area contributed by atoms with Crippen molar-refractivity contribution in [1.82, 2.24) is 20.4 Å². The quantitative estimate of drug-likeness (QED) is 0.638. The van der Waals surface area contributed by atoms with Crippen molar-refractivity contribution in [1.29, 1.82) is 0 Å². The van der Waals surface area contributed by atoms with Gasteiger partial charge < -0.3 is 15.7 Å². The van der Waals surface area contributed by atoms with Crippen LogP contribution < -0.4 is 10.6 Å². The van der Waals surface area contributed by atoms with Gasteiger partial charge in [0.1, 0.15) is 5.69 Å². The first-order valence-electron chi connectivity index (χ1n) is 9.51. The first-order valence-corrected chi connectivity index (χ1v) is 9.51. The summed E-state index contributed by atoms with van der Waals surface area (Å²) in [6.07, 6.45) is 1.34. The Hall–Kier alpha value is -2.96. The largest absolute Gasteiger partial charge is 0.391 e. The first kappa shape index (κ1) is 18.4. The third-order valence-electron chi connectivity index (χ3n) is 5.10. The molecule has 2 heterocycles. The Labute approximate surface area is 164 Å². The number of hydrogen-bond donors (Lipinski definition) is 3. The van der Waals surface area contributed by atoms with E-state index in [4.69, 9.17) is 5.10 Å². The molecule has 1 amide bonds. The highest BCUT2D eigenvalue weighted by atomic mass is 16.3. The second-order valence-electron chi connectivity index (χ2n) is 7.24. The number of aryl methyl sites for hydroxylation is 1. The van der Waals surface area contributed by atoms with Crippen molar-refractivity contribution in [3.63, 3.8) is 0 Å². The molecule has 1 fully saturated rings. The Kier molecular flexibility index (Phi) is 5.23. The summed E-state index contributed by atoms with van der Waals surface area (Å²) in [5, 5.41) is 20.8. The lowest BCUT2D eigenvalue weighted by Crippen LogP contribution is -2.34. The van der Waals surface area contributed by atoms with Crippen LogP contribution in [0.25, 0.3) is 16.9 Å². The molecular weight excluding hydrogens is 352 g/mol. The molecule has 3 aromatic rings. The highest BCUT2D eigenvalue weighted by molar-refractivity contribution is 6.00. The molecule has 0 saturated carbocycles. The van der Waals surface area contributed by atoms with Gasteiger partial charge in [0, 0.05) is 37.3 Å². The van der Waals surface area contributed by atoms with Crippen LogP contribution in [0.3, 0.4) is 0 Å². The second-order valence-corrected chi connectivity index (χ2v) is 7.24. The van der Waals surface area contributed by atoms with Crippen LogP contribution in [0.15, 0.2) is 60.8 Å². The summed E-state index contributed by atoms with van der Waals surface area (Å²) in [6.45, 7) is 3.72. The zero-order valence-corrected chi connectivity index (χ0v) is 15.8. The summed E-state index contributed by atoms with van der Waals surface area (Å²) in [6, 6.07) is 17.7. The van der Waals surface area contributed by atoms with Gasteiger partial charge >= 0.3 is 0 Å². The fourth-order valence-corrected chi connectivity index (χ4v) is 3.51. The number of carbonyl (C=O) groups excluding carboxylic acids is 1. The maximum atomic E-state index is 13.0. The molecule has 1 aromatic heterocycles. The molecule has 2 unspecified atom stereocenters. The van der Waals surface area contributed by atoms with Crippen molar-refractivity contribution in [2.24, 2.45) is 5.92 Å². The molecule has 0 aliphatic carbocycles. The molecule has 1 aliphatic rings. The maximum absolute atomic E-state index is 13.0. The van der Waals surface area contributed by atoms with E-state index in [0.717, 1.165) is 16.8 Å². The highest BCUT2D eigenvalue weighted by Crippen LogP contribution is 2.25. The van der Waals surface area contributed by atoms with E-state index in [0.29, 0.717) is 30.9 Å². The Morgan fingerprint density at radius 3 is 2.75 bits per heavy atom. The molecule has 6 nitrogen and oxygen atoms in total. The van der Waals surface area contributed by atoms with E-state index in [9.17, 15) is 9.90 Å². The van der Waals surface area contributed by atoms with E-state index in [1.807, 2.05) is 61.5 Å². The number of rotatable bonds is 5. The predicted octanol–water partition coefficient (Wildman–Crippen LogP) is 2.16. The van der Waals surface area contributed by atoms with Gasteiger partial charge in [0.05, 0.1) is 17.4 Å². The Balaban J connectivity index is 1.66. The smallest absolute Gasteiger partial charge is 0.255 e. The number of aliphatic hydroxyl groups excluding tert-OH is 1. The first-order chi connectivity index (χ1) is 13.6. The lowest BCUT2D eigenvalue weighted by Gasteiger charge is -2.14. The minimum atomic E-state index is -0.427. The standard InChI is InChI=1S/C22H24N4O2/c1-15-6-5-7-16(10-15)21-19(14-26(25-21)18-8-3-2-4-9-18)22(28)24-12-17-11-23-13-20(17)27/h2-10,14,17,20,23,27H,11-13H2,1H3,(H,24,28). The van der Waals surface area contributed by atoms with Gasteiger partial charge in [0.2, 0.25) is 0 Å². The van der Waals surface area contributed by atoms with E-state index >= 15 is 0 Å². The molecule has 4 rings (SSSR count). The average Bonchev–Trinajstić information content (AvgIpc) is 3.33. The summed E-state index contributed by atoms with van der Waals surface area (Å²) < 4.78 is 1.73. The third kappa shape index (κ3) is 3.83. The topological polar surface area (TPSA) is 79.2 Å². The molecule has 28 heavy (non-hydrogen) atoms. The molecule has 2 atom stereocenters. The number of benzene rings is 2. The number of carbonyl (C=O) groups is 1. The minimum Gasteiger partial charge on any atom is -0.391 e. The molecule has 6 heteroatoms. The van der Waals surface area contributed by atoms with Gasteiger partial charge in [-0.1, -0.05) is 42.0 Å². The van der Waals surface area contributed by atoms with Crippen LogP contribution in [0.5, 0.6) is 0 Å². The van der Waals surface area contributed by atoms with E-state index in [1.165, 1.54) is 0 Å². The van der Waals surface area contributed by atoms with Crippen molar-refractivity contribution in [3.8, 4) is 16.9 Å². The van der Waals surface area contributed by atoms with Gasteiger partial charge in [-0.3, -0.25) is 4.79 Å². The van der Waals surface area contributed by atoms with Crippen LogP contribution in [0.2, 0.25) is 0 Å². The molecule has 3 N–H and O–H groups in total. The maximum Gasteiger partial charge on any atom is 0.255 e. The van der Waals surface area contributed by atoms with Crippen molar-refractivity contribution >= 4 is 5.91 Å². The van der Waals surface area contributed by atoms with E-state index < -0.39 is 6.10 Å². The Morgan fingerprint density at radius 1 is 1.21 bits per heavy atom. The van der Waals surface area contributed by atoms with Gasteiger partial charge in [0.15, 0.2) is 0 Å². The van der Waals surface area contributed by atoms with Crippen molar-refractivity contribution in [2.45, 2.75) is 13.0 Å². The lowest BCUT2D eigenvalue weighted by atomic mass is 10.0. The van der Waals surface area contributed by atoms with Crippen molar-refractivity contribution < 1.29 is 9.90 Å². The van der Waals surface area contributed by atoms with Crippen LogP contribution in [0, 0.1) is 12.8 Å². The van der Waals surface area contributed by atoms with Gasteiger partial charge in [-0.05, 0) is 25.1 Å². The van der Waals surface area contributed by atoms with Gasteiger partial charge in [-0.25, -0.2) is 4.68 Å². The number of aliphatic hydroxyl groups is 1. The summed E-state index contributed by atoms with van der Waals surface area (Å²) in [4.78, 5) is 13.0. The Bertz CT molecular complexity index is 968. The summed E-state index contributed by atoms with van der Waals surface area (Å²) in [5.74, 6) is -0.159. The molecule has 2 aromatic carbocycles. The van der Waals surface area contributed by atoms with Crippen molar-refractivity contribution in [2.75, 3.05) is 19.6 Å². The second kappa shape index (κ2) is 7.96. The van der Waals surface area contributed by atoms with Crippen LogP contribution in [-0.4, -0.2) is 46.5 Å². The number of hydrogen-bond acceptors (Lipinski definition) is 4.